The molecule has 0 spiro atoms. The molecule has 1 aliphatic carbocycles. The van der Waals surface area contributed by atoms with Gasteiger partial charge in [-0.15, -0.1) is 0 Å². The maximum Gasteiger partial charge on any atom is 0.266 e. The molecule has 1 amide bonds. The molecular formula is C22H25F3N4O2. The van der Waals surface area contributed by atoms with Crippen LogP contribution < -0.4 is 16.2 Å². The second kappa shape index (κ2) is 8.37. The van der Waals surface area contributed by atoms with Crippen LogP contribution in [-0.4, -0.2) is 42.0 Å². The smallest absolute Gasteiger partial charge is 0.266 e. The summed E-state index contributed by atoms with van der Waals surface area (Å²) in [5.74, 6) is -0.667. The predicted octanol–water partition coefficient (Wildman–Crippen LogP) is 3.30. The fourth-order valence-electron chi connectivity index (χ4n) is 4.74. The highest BCUT2D eigenvalue weighted by Crippen LogP contribution is 2.41. The van der Waals surface area contributed by atoms with Crippen LogP contribution in [0.4, 0.5) is 18.9 Å². The molecule has 3 N–H and O–H groups in total. The van der Waals surface area contributed by atoms with Crippen molar-refractivity contribution < 1.29 is 18.0 Å². The zero-order valence-corrected chi connectivity index (χ0v) is 17.3. The van der Waals surface area contributed by atoms with Crippen LogP contribution in [0.5, 0.6) is 0 Å². The van der Waals surface area contributed by atoms with E-state index in [4.69, 9.17) is 0 Å². The summed E-state index contributed by atoms with van der Waals surface area (Å²) >= 11 is 0. The van der Waals surface area contributed by atoms with E-state index in [1.807, 2.05) is 0 Å². The number of nitrogens with zero attached hydrogens (tertiary/aromatic N) is 1. The first-order chi connectivity index (χ1) is 14.7. The van der Waals surface area contributed by atoms with Crippen molar-refractivity contribution in [3.05, 3.63) is 63.3 Å². The van der Waals surface area contributed by atoms with E-state index in [-0.39, 0.29) is 22.7 Å². The summed E-state index contributed by atoms with van der Waals surface area (Å²) in [4.78, 5) is 29.6. The van der Waals surface area contributed by atoms with Crippen LogP contribution in [0.15, 0.2) is 35.3 Å². The first-order valence-electron chi connectivity index (χ1n) is 10.3. The molecule has 1 aliphatic heterocycles. The summed E-state index contributed by atoms with van der Waals surface area (Å²) in [6.45, 7) is 3.43. The number of rotatable bonds is 6. The fourth-order valence-corrected chi connectivity index (χ4v) is 4.74. The minimum absolute atomic E-state index is 0.0263. The Morgan fingerprint density at radius 2 is 1.90 bits per heavy atom. The number of carbonyl (C=O) groups is 1. The lowest BCUT2D eigenvalue weighted by molar-refractivity contribution is 0.0270. The molecule has 2 aliphatic rings. The zero-order chi connectivity index (χ0) is 22.3. The van der Waals surface area contributed by atoms with Crippen molar-refractivity contribution >= 4 is 11.6 Å². The third-order valence-corrected chi connectivity index (χ3v) is 6.31. The lowest BCUT2D eigenvalue weighted by Gasteiger charge is -2.53. The molecule has 166 valence electrons. The lowest BCUT2D eigenvalue weighted by atomic mass is 9.66. The van der Waals surface area contributed by atoms with E-state index in [2.05, 4.69) is 27.6 Å². The van der Waals surface area contributed by atoms with Crippen LogP contribution in [0.2, 0.25) is 0 Å². The number of piperidine rings is 2. The second-order valence-corrected chi connectivity index (χ2v) is 8.52. The maximum atomic E-state index is 14.5. The van der Waals surface area contributed by atoms with Crippen molar-refractivity contribution in [3.63, 3.8) is 0 Å². The second-order valence-electron chi connectivity index (χ2n) is 8.52. The molecule has 1 unspecified atom stereocenters. The van der Waals surface area contributed by atoms with Crippen LogP contribution in [0, 0.1) is 17.7 Å². The normalized spacial score (nSPS) is 23.9. The van der Waals surface area contributed by atoms with E-state index in [1.165, 1.54) is 31.3 Å². The summed E-state index contributed by atoms with van der Waals surface area (Å²) < 4.78 is 40.5. The minimum Gasteiger partial charge on any atom is -0.381 e. The summed E-state index contributed by atoms with van der Waals surface area (Å²) in [5.41, 5.74) is -0.438. The number of likely N-dealkylation sites (tertiary alicyclic amines) is 1. The molecule has 2 heterocycles. The Bertz CT molecular complexity index is 1030. The predicted molar refractivity (Wildman–Crippen MR) is 111 cm³/mol. The van der Waals surface area contributed by atoms with Crippen molar-refractivity contribution in [1.29, 1.82) is 0 Å². The van der Waals surface area contributed by atoms with Crippen LogP contribution in [0.3, 0.4) is 0 Å². The largest absolute Gasteiger partial charge is 0.381 e. The molecule has 1 saturated carbocycles. The fraction of sp³-hybridized carbons (Fsp3) is 0.455. The molecule has 1 aromatic carbocycles. The number of carbonyl (C=O) groups excluding carboxylic acids is 1. The SMILES string of the molecule is C[C@@H](NC(=O)c1c[nH]c(=O)cc1NC1[C@@H]2C[C@H]1CN(C)C2)c1cccc(C(F)F)c1F. The van der Waals surface area contributed by atoms with Gasteiger partial charge in [-0.2, -0.15) is 0 Å². The Morgan fingerprint density at radius 1 is 1.23 bits per heavy atom. The van der Waals surface area contributed by atoms with Crippen molar-refractivity contribution in [2.45, 2.75) is 31.9 Å². The number of halogens is 3. The van der Waals surface area contributed by atoms with Crippen molar-refractivity contribution in [2.75, 3.05) is 25.5 Å². The summed E-state index contributed by atoms with van der Waals surface area (Å²) in [6.07, 6.45) is -0.512. The molecule has 2 bridgehead atoms. The Kier molecular flexibility index (Phi) is 5.79. The number of nitrogens with one attached hydrogen (secondary N) is 3. The van der Waals surface area contributed by atoms with Gasteiger partial charge in [0.25, 0.3) is 12.3 Å². The van der Waals surface area contributed by atoms with Gasteiger partial charge in [0.2, 0.25) is 5.56 Å². The van der Waals surface area contributed by atoms with E-state index < -0.39 is 29.8 Å². The van der Waals surface area contributed by atoms with Crippen molar-refractivity contribution in [3.8, 4) is 0 Å². The van der Waals surface area contributed by atoms with Crippen LogP contribution >= 0.6 is 0 Å². The number of H-pyrrole nitrogens is 1. The Morgan fingerprint density at radius 3 is 2.58 bits per heavy atom. The van der Waals surface area contributed by atoms with E-state index in [9.17, 15) is 22.8 Å². The summed E-state index contributed by atoms with van der Waals surface area (Å²) in [7, 11) is 2.07. The van der Waals surface area contributed by atoms with E-state index in [1.54, 1.807) is 0 Å². The number of pyridine rings is 1. The topological polar surface area (TPSA) is 77.2 Å². The Balaban J connectivity index is 1.53. The number of fused-ring (bicyclic) bond motifs is 2. The van der Waals surface area contributed by atoms with E-state index in [0.29, 0.717) is 17.5 Å². The number of hydrogen-bond donors (Lipinski definition) is 3. The third-order valence-electron chi connectivity index (χ3n) is 6.31. The molecule has 31 heavy (non-hydrogen) atoms. The highest BCUT2D eigenvalue weighted by Gasteiger charge is 2.45. The molecule has 1 aromatic heterocycles. The zero-order valence-electron chi connectivity index (χ0n) is 17.3. The standard InChI is InChI=1S/C22H25F3N4O2/c1-11(14-4-3-5-15(19(14)23)21(24)25)27-22(31)16-8-26-18(30)7-17(16)28-20-12-6-13(20)10-29(2)9-12/h3-5,7-8,11-13,20-21H,6,9-10H2,1-2H3,(H,27,31)(H2,26,28,30)/t11-,12-,13+,20?/m1/s1. The van der Waals surface area contributed by atoms with Gasteiger partial charge in [0.15, 0.2) is 0 Å². The van der Waals surface area contributed by atoms with Gasteiger partial charge in [0, 0.05) is 37.0 Å². The lowest BCUT2D eigenvalue weighted by Crippen LogP contribution is -2.60. The first-order valence-corrected chi connectivity index (χ1v) is 10.3. The summed E-state index contributed by atoms with van der Waals surface area (Å²) in [6, 6.07) is 4.40. The van der Waals surface area contributed by atoms with Crippen LogP contribution in [0.25, 0.3) is 0 Å². The van der Waals surface area contributed by atoms with Gasteiger partial charge in [-0.1, -0.05) is 18.2 Å². The quantitative estimate of drug-likeness (QED) is 0.652. The van der Waals surface area contributed by atoms with E-state index in [0.717, 1.165) is 25.6 Å². The molecule has 2 aromatic rings. The van der Waals surface area contributed by atoms with E-state index >= 15 is 0 Å². The molecule has 0 radical (unpaired) electrons. The van der Waals surface area contributed by atoms with Gasteiger partial charge in [0.1, 0.15) is 5.82 Å². The highest BCUT2D eigenvalue weighted by atomic mass is 19.3. The molecular weight excluding hydrogens is 409 g/mol. The minimum atomic E-state index is -2.95. The number of alkyl halides is 2. The highest BCUT2D eigenvalue weighted by molar-refractivity contribution is 5.99. The molecule has 2 fully saturated rings. The van der Waals surface area contributed by atoms with Crippen molar-refractivity contribution in [2.24, 2.45) is 11.8 Å². The Labute approximate surface area is 177 Å². The molecule has 6 nitrogen and oxygen atoms in total. The molecule has 9 heteroatoms. The monoisotopic (exact) mass is 434 g/mol. The van der Waals surface area contributed by atoms with Crippen LogP contribution in [-0.2, 0) is 0 Å². The van der Waals surface area contributed by atoms with Crippen LogP contribution in [0.1, 0.15) is 47.3 Å². The van der Waals surface area contributed by atoms with Crippen molar-refractivity contribution in [1.82, 2.24) is 15.2 Å². The van der Waals surface area contributed by atoms with Gasteiger partial charge >= 0.3 is 0 Å². The average Bonchev–Trinajstić information content (AvgIpc) is 2.71. The van der Waals surface area contributed by atoms with Gasteiger partial charge in [-0.3, -0.25) is 9.59 Å². The number of aromatic amines is 1. The Hall–Kier alpha value is -2.81. The number of aromatic nitrogens is 1. The number of anilines is 1. The molecule has 4 rings (SSSR count). The van der Waals surface area contributed by atoms with Gasteiger partial charge < -0.3 is 20.5 Å². The average molecular weight is 434 g/mol. The third kappa shape index (κ3) is 4.19. The van der Waals surface area contributed by atoms with Gasteiger partial charge in [-0.05, 0) is 32.2 Å². The summed E-state index contributed by atoms with van der Waals surface area (Å²) in [5, 5.41) is 6.01. The number of hydrogen-bond acceptors (Lipinski definition) is 4. The number of benzene rings is 1. The number of amides is 1. The molecule has 1 saturated heterocycles. The first kappa shape index (κ1) is 21.4. The van der Waals surface area contributed by atoms with Gasteiger partial charge in [0.05, 0.1) is 22.9 Å². The molecule has 4 atom stereocenters. The van der Waals surface area contributed by atoms with Gasteiger partial charge in [-0.25, -0.2) is 13.2 Å². The maximum absolute atomic E-state index is 14.5.